The molecule has 3 aromatic rings. The zero-order valence-electron chi connectivity index (χ0n) is 13.6. The van der Waals surface area contributed by atoms with Crippen molar-refractivity contribution in [1.29, 1.82) is 0 Å². The smallest absolute Gasteiger partial charge is 0.363 e. The number of benzene rings is 2. The van der Waals surface area contributed by atoms with Crippen molar-refractivity contribution in [3.63, 3.8) is 0 Å². The molecule has 1 aliphatic heterocycles. The molecule has 25 heavy (non-hydrogen) atoms. The van der Waals surface area contributed by atoms with Gasteiger partial charge >= 0.3 is 5.97 Å². The van der Waals surface area contributed by atoms with Gasteiger partial charge in [0.05, 0.1) is 11.9 Å². The van der Waals surface area contributed by atoms with Crippen LogP contribution in [0.4, 0.5) is 0 Å². The third-order valence-electron chi connectivity index (χ3n) is 3.85. The number of aliphatic imine (C=N–C) groups is 1. The number of ether oxygens (including phenoxy) is 1. The molecule has 1 aliphatic rings. The van der Waals surface area contributed by atoms with E-state index in [9.17, 15) is 4.79 Å². The van der Waals surface area contributed by atoms with Crippen LogP contribution in [-0.4, -0.2) is 21.6 Å². The third kappa shape index (κ3) is 3.12. The van der Waals surface area contributed by atoms with Gasteiger partial charge in [0.15, 0.2) is 5.70 Å². The van der Waals surface area contributed by atoms with Gasteiger partial charge in [-0.05, 0) is 37.3 Å². The molecule has 0 bridgehead atoms. The molecule has 0 saturated carbocycles. The highest BCUT2D eigenvalue weighted by Gasteiger charge is 2.24. The second-order valence-corrected chi connectivity index (χ2v) is 5.76. The Bertz CT molecular complexity index is 983. The number of hydrogen-bond donors (Lipinski definition) is 0. The van der Waals surface area contributed by atoms with Crippen molar-refractivity contribution in [2.45, 2.75) is 6.92 Å². The molecule has 122 valence electrons. The van der Waals surface area contributed by atoms with Crippen LogP contribution < -0.4 is 0 Å². The highest BCUT2D eigenvalue weighted by Crippen LogP contribution is 2.19. The maximum atomic E-state index is 12.1. The van der Waals surface area contributed by atoms with Gasteiger partial charge in [-0.3, -0.25) is 0 Å². The van der Waals surface area contributed by atoms with E-state index in [1.807, 2.05) is 67.7 Å². The molecule has 0 amide bonds. The van der Waals surface area contributed by atoms with Crippen molar-refractivity contribution in [2.75, 3.05) is 0 Å². The first-order valence-corrected chi connectivity index (χ1v) is 7.89. The van der Waals surface area contributed by atoms with Crippen molar-refractivity contribution < 1.29 is 9.53 Å². The van der Waals surface area contributed by atoms with Crippen molar-refractivity contribution in [2.24, 2.45) is 4.99 Å². The number of aromatic nitrogens is 2. The molecule has 0 N–H and O–H groups in total. The third-order valence-corrected chi connectivity index (χ3v) is 3.85. The number of nitrogens with zero attached hydrogens (tertiary/aromatic N) is 3. The minimum absolute atomic E-state index is 0.267. The summed E-state index contributed by atoms with van der Waals surface area (Å²) in [6.45, 7) is 2.00. The van der Waals surface area contributed by atoms with Crippen LogP contribution in [0.15, 0.2) is 77.7 Å². The van der Waals surface area contributed by atoms with Gasteiger partial charge in [-0.2, -0.15) is 5.10 Å². The summed E-state index contributed by atoms with van der Waals surface area (Å²) in [5.74, 6) is -0.130. The number of carbonyl (C=O) groups is 1. The minimum Gasteiger partial charge on any atom is -0.402 e. The predicted octanol–water partition coefficient (Wildman–Crippen LogP) is 3.53. The van der Waals surface area contributed by atoms with Crippen LogP contribution >= 0.6 is 0 Å². The molecule has 0 saturated heterocycles. The summed E-state index contributed by atoms with van der Waals surface area (Å²) in [6.07, 6.45) is 5.21. The summed E-state index contributed by atoms with van der Waals surface area (Å²) in [5.41, 5.74) is 3.91. The summed E-state index contributed by atoms with van der Waals surface area (Å²) in [7, 11) is 0. The number of carbonyl (C=O) groups excluding carboxylic acids is 1. The topological polar surface area (TPSA) is 56.5 Å². The number of aryl methyl sites for hydroxylation is 1. The Morgan fingerprint density at radius 3 is 2.56 bits per heavy atom. The molecule has 0 radical (unpaired) electrons. The first kappa shape index (κ1) is 15.1. The summed E-state index contributed by atoms with van der Waals surface area (Å²) in [4.78, 5) is 16.4. The zero-order valence-corrected chi connectivity index (χ0v) is 13.6. The molecular formula is C20H15N3O2. The van der Waals surface area contributed by atoms with E-state index in [4.69, 9.17) is 4.74 Å². The average Bonchev–Trinajstić information content (AvgIpc) is 3.24. The highest BCUT2D eigenvalue weighted by atomic mass is 16.6. The molecule has 5 heteroatoms. The van der Waals surface area contributed by atoms with Crippen LogP contribution in [0.5, 0.6) is 0 Å². The molecule has 0 unspecified atom stereocenters. The van der Waals surface area contributed by atoms with E-state index in [1.165, 1.54) is 0 Å². The SMILES string of the molecule is Cc1ccc(C2=N/C(=C\c3cnn(-c4ccccc4)c3)C(=O)O2)cc1. The lowest BCUT2D eigenvalue weighted by Crippen LogP contribution is -2.05. The number of hydrogen-bond acceptors (Lipinski definition) is 4. The van der Waals surface area contributed by atoms with Crippen LogP contribution in [-0.2, 0) is 9.53 Å². The lowest BCUT2D eigenvalue weighted by molar-refractivity contribution is -0.129. The van der Waals surface area contributed by atoms with E-state index in [2.05, 4.69) is 10.1 Å². The number of para-hydroxylation sites is 1. The zero-order chi connectivity index (χ0) is 17.2. The van der Waals surface area contributed by atoms with Crippen LogP contribution in [0.2, 0.25) is 0 Å². The van der Waals surface area contributed by atoms with Crippen molar-refractivity contribution >= 4 is 17.9 Å². The minimum atomic E-state index is -0.456. The predicted molar refractivity (Wildman–Crippen MR) is 95.3 cm³/mol. The van der Waals surface area contributed by atoms with E-state index in [1.54, 1.807) is 17.0 Å². The average molecular weight is 329 g/mol. The second kappa shape index (κ2) is 6.20. The number of rotatable bonds is 3. The maximum Gasteiger partial charge on any atom is 0.363 e. The molecular weight excluding hydrogens is 314 g/mol. The maximum absolute atomic E-state index is 12.1. The molecule has 5 nitrogen and oxygen atoms in total. The van der Waals surface area contributed by atoms with Crippen molar-refractivity contribution in [1.82, 2.24) is 9.78 Å². The molecule has 0 spiro atoms. The molecule has 2 aromatic carbocycles. The van der Waals surface area contributed by atoms with Crippen molar-refractivity contribution in [3.8, 4) is 5.69 Å². The summed E-state index contributed by atoms with van der Waals surface area (Å²) in [6, 6.07) is 17.4. The van der Waals surface area contributed by atoms with Gasteiger partial charge in [0, 0.05) is 17.3 Å². The van der Waals surface area contributed by atoms with Gasteiger partial charge in [-0.1, -0.05) is 35.9 Å². The van der Waals surface area contributed by atoms with E-state index in [0.29, 0.717) is 5.90 Å². The van der Waals surface area contributed by atoms with E-state index in [0.717, 1.165) is 22.4 Å². The van der Waals surface area contributed by atoms with Gasteiger partial charge in [-0.15, -0.1) is 0 Å². The standard InChI is InChI=1S/C20H15N3O2/c1-14-7-9-16(10-8-14)19-22-18(20(24)25-19)11-15-12-21-23(13-15)17-5-3-2-4-6-17/h2-13H,1H3/b18-11-. The quantitative estimate of drug-likeness (QED) is 0.546. The fraction of sp³-hybridized carbons (Fsp3) is 0.0500. The summed E-state index contributed by atoms with van der Waals surface area (Å²) >= 11 is 0. The van der Waals surface area contributed by atoms with Crippen molar-refractivity contribution in [3.05, 3.63) is 89.4 Å². The molecule has 2 heterocycles. The Morgan fingerprint density at radius 2 is 1.80 bits per heavy atom. The van der Waals surface area contributed by atoms with Crippen LogP contribution in [0.25, 0.3) is 11.8 Å². The molecule has 0 atom stereocenters. The molecule has 4 rings (SSSR count). The fourth-order valence-corrected chi connectivity index (χ4v) is 2.52. The van der Waals surface area contributed by atoms with Gasteiger partial charge in [0.25, 0.3) is 0 Å². The van der Waals surface area contributed by atoms with Gasteiger partial charge in [0.1, 0.15) is 0 Å². The molecule has 0 fully saturated rings. The Hall–Kier alpha value is -3.47. The number of esters is 1. The van der Waals surface area contributed by atoms with E-state index >= 15 is 0 Å². The summed E-state index contributed by atoms with van der Waals surface area (Å²) in [5, 5.41) is 4.31. The number of cyclic esters (lactones) is 1. The van der Waals surface area contributed by atoms with Gasteiger partial charge in [-0.25, -0.2) is 14.5 Å². The largest absolute Gasteiger partial charge is 0.402 e. The Labute approximate surface area is 144 Å². The van der Waals surface area contributed by atoms with Crippen LogP contribution in [0, 0.1) is 6.92 Å². The van der Waals surface area contributed by atoms with Gasteiger partial charge in [0.2, 0.25) is 5.90 Å². The first-order chi connectivity index (χ1) is 12.2. The van der Waals surface area contributed by atoms with Crippen LogP contribution in [0.1, 0.15) is 16.7 Å². The van der Waals surface area contributed by atoms with E-state index < -0.39 is 5.97 Å². The highest BCUT2D eigenvalue weighted by molar-refractivity contribution is 6.12. The normalized spacial score (nSPS) is 15.3. The Kier molecular flexibility index (Phi) is 3.74. The molecule has 0 aliphatic carbocycles. The Morgan fingerprint density at radius 1 is 1.04 bits per heavy atom. The monoisotopic (exact) mass is 329 g/mol. The fourth-order valence-electron chi connectivity index (χ4n) is 2.52. The van der Waals surface area contributed by atoms with Gasteiger partial charge < -0.3 is 4.74 Å². The lowest BCUT2D eigenvalue weighted by atomic mass is 10.1. The summed E-state index contributed by atoms with van der Waals surface area (Å²) < 4.78 is 7.03. The Balaban J connectivity index is 1.62. The van der Waals surface area contributed by atoms with E-state index in [-0.39, 0.29) is 5.70 Å². The second-order valence-electron chi connectivity index (χ2n) is 5.76. The molecule has 1 aromatic heterocycles. The first-order valence-electron chi connectivity index (χ1n) is 7.89. The lowest BCUT2D eigenvalue weighted by Gasteiger charge is -1.99. The van der Waals surface area contributed by atoms with Crippen LogP contribution in [0.3, 0.4) is 0 Å².